The van der Waals surface area contributed by atoms with Crippen LogP contribution in [0.2, 0.25) is 0 Å². The predicted octanol–water partition coefficient (Wildman–Crippen LogP) is 2.08. The maximum Gasteiger partial charge on any atom is 0.168 e. The molecule has 1 heterocycles. The van der Waals surface area contributed by atoms with Crippen LogP contribution in [-0.4, -0.2) is 11.3 Å². The van der Waals surface area contributed by atoms with Crippen molar-refractivity contribution in [2.75, 3.05) is 5.73 Å². The Morgan fingerprint density at radius 3 is 2.87 bits per heavy atom. The Morgan fingerprint density at radius 2 is 2.20 bits per heavy atom. The number of aldehydes is 1. The Bertz CT molecular complexity index is 552. The maximum atomic E-state index is 13.5. The summed E-state index contributed by atoms with van der Waals surface area (Å²) >= 11 is 0. The number of carbonyl (C=O) groups is 1. The number of fused-ring (bicyclic) bond motifs is 1. The van der Waals surface area contributed by atoms with E-state index >= 15 is 0 Å². The standard InChI is InChI=1S/C11H9FN2O/c1-6-4-9(12)11-8(10(6)13)3-2-7(5-15)14-11/h2-5H,13H2,1H3. The second kappa shape index (κ2) is 3.31. The largest absolute Gasteiger partial charge is 0.398 e. The van der Waals surface area contributed by atoms with Crippen molar-refractivity contribution < 1.29 is 9.18 Å². The molecule has 3 nitrogen and oxygen atoms in total. The van der Waals surface area contributed by atoms with Gasteiger partial charge in [-0.15, -0.1) is 0 Å². The molecule has 0 aliphatic carbocycles. The molecule has 0 saturated heterocycles. The molecule has 15 heavy (non-hydrogen) atoms. The molecule has 76 valence electrons. The van der Waals surface area contributed by atoms with Gasteiger partial charge in [0, 0.05) is 11.1 Å². The molecule has 2 N–H and O–H groups in total. The Labute approximate surface area is 85.7 Å². The molecule has 4 heteroatoms. The zero-order chi connectivity index (χ0) is 11.0. The molecular formula is C11H9FN2O. The van der Waals surface area contributed by atoms with Gasteiger partial charge in [-0.25, -0.2) is 9.37 Å². The van der Waals surface area contributed by atoms with E-state index in [1.807, 2.05) is 0 Å². The van der Waals surface area contributed by atoms with E-state index in [1.54, 1.807) is 13.0 Å². The minimum absolute atomic E-state index is 0.141. The number of anilines is 1. The van der Waals surface area contributed by atoms with E-state index in [0.717, 1.165) is 0 Å². The highest BCUT2D eigenvalue weighted by atomic mass is 19.1. The van der Waals surface area contributed by atoms with Crippen molar-refractivity contribution in [2.45, 2.75) is 6.92 Å². The SMILES string of the molecule is Cc1cc(F)c2nc(C=O)ccc2c1N. The van der Waals surface area contributed by atoms with Crippen molar-refractivity contribution >= 4 is 22.9 Å². The lowest BCUT2D eigenvalue weighted by Crippen LogP contribution is -1.97. The third-order valence-corrected chi connectivity index (χ3v) is 2.32. The molecular weight excluding hydrogens is 195 g/mol. The Morgan fingerprint density at radius 1 is 1.47 bits per heavy atom. The van der Waals surface area contributed by atoms with Gasteiger partial charge in [0.2, 0.25) is 0 Å². The number of pyridine rings is 1. The quantitative estimate of drug-likeness (QED) is 0.571. The second-order valence-corrected chi connectivity index (χ2v) is 3.34. The first-order chi connectivity index (χ1) is 7.13. The van der Waals surface area contributed by atoms with Crippen LogP contribution in [0.25, 0.3) is 10.9 Å². The second-order valence-electron chi connectivity index (χ2n) is 3.34. The molecule has 1 aromatic heterocycles. The summed E-state index contributed by atoms with van der Waals surface area (Å²) in [6.07, 6.45) is 0.578. The van der Waals surface area contributed by atoms with Gasteiger partial charge >= 0.3 is 0 Å². The highest BCUT2D eigenvalue weighted by molar-refractivity contribution is 5.93. The number of nitrogens with zero attached hydrogens (tertiary/aromatic N) is 1. The molecule has 0 saturated carbocycles. The molecule has 0 bridgehead atoms. The highest BCUT2D eigenvalue weighted by Crippen LogP contribution is 2.25. The average molecular weight is 204 g/mol. The van der Waals surface area contributed by atoms with Crippen molar-refractivity contribution in [2.24, 2.45) is 0 Å². The van der Waals surface area contributed by atoms with Crippen molar-refractivity contribution in [3.8, 4) is 0 Å². The van der Waals surface area contributed by atoms with Gasteiger partial charge in [0.05, 0.1) is 0 Å². The number of aromatic nitrogens is 1. The van der Waals surface area contributed by atoms with Crippen LogP contribution in [-0.2, 0) is 0 Å². The van der Waals surface area contributed by atoms with Crippen LogP contribution < -0.4 is 5.73 Å². The number of rotatable bonds is 1. The van der Waals surface area contributed by atoms with E-state index in [-0.39, 0.29) is 11.2 Å². The number of carbonyl (C=O) groups excluding carboxylic acids is 1. The van der Waals surface area contributed by atoms with E-state index < -0.39 is 5.82 Å². The fourth-order valence-corrected chi connectivity index (χ4v) is 1.49. The lowest BCUT2D eigenvalue weighted by molar-refractivity contribution is 0.111. The van der Waals surface area contributed by atoms with Crippen LogP contribution in [0.4, 0.5) is 10.1 Å². The first-order valence-electron chi connectivity index (χ1n) is 4.44. The van der Waals surface area contributed by atoms with E-state index in [9.17, 15) is 9.18 Å². The molecule has 0 aliphatic heterocycles. The van der Waals surface area contributed by atoms with Gasteiger partial charge in [-0.1, -0.05) is 0 Å². The van der Waals surface area contributed by atoms with Crippen LogP contribution in [0.3, 0.4) is 0 Å². The highest BCUT2D eigenvalue weighted by Gasteiger charge is 2.09. The van der Waals surface area contributed by atoms with E-state index in [0.29, 0.717) is 22.9 Å². The summed E-state index contributed by atoms with van der Waals surface area (Å²) in [5, 5.41) is 0.540. The Balaban J connectivity index is 2.89. The van der Waals surface area contributed by atoms with E-state index in [1.165, 1.54) is 12.1 Å². The normalized spacial score (nSPS) is 10.5. The third-order valence-electron chi connectivity index (χ3n) is 2.32. The number of nitrogen functional groups attached to an aromatic ring is 1. The lowest BCUT2D eigenvalue weighted by Gasteiger charge is -2.06. The number of hydrogen-bond acceptors (Lipinski definition) is 3. The minimum Gasteiger partial charge on any atom is -0.398 e. The van der Waals surface area contributed by atoms with Gasteiger partial charge in [-0.05, 0) is 30.7 Å². The summed E-state index contributed by atoms with van der Waals surface area (Å²) < 4.78 is 13.5. The number of hydrogen-bond donors (Lipinski definition) is 1. The van der Waals surface area contributed by atoms with Crippen molar-refractivity contribution in [3.63, 3.8) is 0 Å². The number of benzene rings is 1. The molecule has 0 unspecified atom stereocenters. The molecule has 1 aromatic carbocycles. The molecule has 0 amide bonds. The zero-order valence-electron chi connectivity index (χ0n) is 8.12. The summed E-state index contributed by atoms with van der Waals surface area (Å²) in [7, 11) is 0. The number of nitrogens with two attached hydrogens (primary N) is 1. The Kier molecular flexibility index (Phi) is 2.11. The molecule has 2 rings (SSSR count). The van der Waals surface area contributed by atoms with Crippen molar-refractivity contribution in [3.05, 3.63) is 35.3 Å². The van der Waals surface area contributed by atoms with Crippen molar-refractivity contribution in [1.82, 2.24) is 4.98 Å². The molecule has 0 spiro atoms. The molecule has 0 radical (unpaired) electrons. The van der Waals surface area contributed by atoms with Gasteiger partial charge in [-0.2, -0.15) is 0 Å². The summed E-state index contributed by atoms with van der Waals surface area (Å²) in [5.41, 5.74) is 7.29. The minimum atomic E-state index is -0.458. The fraction of sp³-hybridized carbons (Fsp3) is 0.0909. The summed E-state index contributed by atoms with van der Waals surface area (Å²) in [6.45, 7) is 1.73. The number of halogens is 1. The maximum absolute atomic E-state index is 13.5. The predicted molar refractivity (Wildman–Crippen MR) is 56.2 cm³/mol. The van der Waals surface area contributed by atoms with Crippen LogP contribution in [0, 0.1) is 12.7 Å². The third kappa shape index (κ3) is 1.44. The first kappa shape index (κ1) is 9.58. The van der Waals surface area contributed by atoms with Gasteiger partial charge in [-0.3, -0.25) is 4.79 Å². The zero-order valence-corrected chi connectivity index (χ0v) is 8.12. The first-order valence-corrected chi connectivity index (χ1v) is 4.44. The van der Waals surface area contributed by atoms with E-state index in [2.05, 4.69) is 4.98 Å². The van der Waals surface area contributed by atoms with Crippen LogP contribution >= 0.6 is 0 Å². The molecule has 0 aliphatic rings. The lowest BCUT2D eigenvalue weighted by atomic mass is 10.1. The Hall–Kier alpha value is -1.97. The van der Waals surface area contributed by atoms with Crippen LogP contribution in [0.1, 0.15) is 16.1 Å². The molecule has 0 fully saturated rings. The molecule has 2 aromatic rings. The summed E-state index contributed by atoms with van der Waals surface area (Å²) in [6, 6.07) is 4.45. The fourth-order valence-electron chi connectivity index (χ4n) is 1.49. The van der Waals surface area contributed by atoms with Crippen LogP contribution in [0.15, 0.2) is 18.2 Å². The average Bonchev–Trinajstić information content (AvgIpc) is 2.25. The van der Waals surface area contributed by atoms with E-state index in [4.69, 9.17) is 5.73 Å². The summed E-state index contributed by atoms with van der Waals surface area (Å²) in [5.74, 6) is -0.458. The monoisotopic (exact) mass is 204 g/mol. The smallest absolute Gasteiger partial charge is 0.168 e. The van der Waals surface area contributed by atoms with Gasteiger partial charge < -0.3 is 5.73 Å². The van der Waals surface area contributed by atoms with Crippen LogP contribution in [0.5, 0.6) is 0 Å². The summed E-state index contributed by atoms with van der Waals surface area (Å²) in [4.78, 5) is 14.4. The topological polar surface area (TPSA) is 56.0 Å². The molecule has 0 atom stereocenters. The van der Waals surface area contributed by atoms with Gasteiger partial charge in [0.15, 0.2) is 6.29 Å². The van der Waals surface area contributed by atoms with Gasteiger partial charge in [0.1, 0.15) is 17.0 Å². The van der Waals surface area contributed by atoms with Gasteiger partial charge in [0.25, 0.3) is 0 Å². The van der Waals surface area contributed by atoms with Crippen molar-refractivity contribution in [1.29, 1.82) is 0 Å². The number of aryl methyl sites for hydroxylation is 1.